The van der Waals surface area contributed by atoms with Crippen molar-refractivity contribution in [2.24, 2.45) is 76.4 Å². The van der Waals surface area contributed by atoms with Gasteiger partial charge in [-0.3, -0.25) is 0 Å². The maximum absolute atomic E-state index is 2.69. The zero-order valence-electron chi connectivity index (χ0n) is 31.0. The van der Waals surface area contributed by atoms with Crippen LogP contribution >= 0.6 is 0 Å². The second-order valence-electron chi connectivity index (χ2n) is 17.9. The standard InChI is InChI=1S/C26H48.C17H32/c1-8-20-23-15-14-19(16-25(23)26(7,10-3)24(20)9-2)18(6)22-13-11-12-21(22)17(4)5;1-2-3-5-8-16-11-12-17(14-16)13-15-9-6-4-7-10-15/h17-25H,8-16H2,1-7H3;15-17H,2-14H2,1H3. The summed E-state index contributed by atoms with van der Waals surface area (Å²) in [4.78, 5) is 0. The fourth-order valence-corrected chi connectivity index (χ4v) is 13.0. The highest BCUT2D eigenvalue weighted by Gasteiger charge is 2.56. The molecule has 11 unspecified atom stereocenters. The zero-order valence-corrected chi connectivity index (χ0v) is 31.0. The average Bonchev–Trinajstić information content (AvgIpc) is 3.75. The highest BCUT2D eigenvalue weighted by atomic mass is 14.6. The quantitative estimate of drug-likeness (QED) is 0.197. The Balaban J connectivity index is 0.000000215. The molecule has 11 atom stereocenters. The van der Waals surface area contributed by atoms with Gasteiger partial charge in [0.25, 0.3) is 0 Å². The summed E-state index contributed by atoms with van der Waals surface area (Å²) in [5.74, 6) is 12.3. The number of hydrogen-bond donors (Lipinski definition) is 0. The molecule has 5 aliphatic rings. The number of hydrogen-bond acceptors (Lipinski definition) is 0. The van der Waals surface area contributed by atoms with E-state index in [9.17, 15) is 0 Å². The third kappa shape index (κ3) is 8.68. The molecule has 0 saturated heterocycles. The van der Waals surface area contributed by atoms with E-state index in [0.29, 0.717) is 5.41 Å². The minimum absolute atomic E-state index is 0.617. The fraction of sp³-hybridized carbons (Fsp3) is 1.00. The first-order chi connectivity index (χ1) is 20.8. The highest BCUT2D eigenvalue weighted by Crippen LogP contribution is 2.64. The molecule has 0 heteroatoms. The van der Waals surface area contributed by atoms with Gasteiger partial charge in [-0.15, -0.1) is 0 Å². The molecular weight excluding hydrogens is 516 g/mol. The van der Waals surface area contributed by atoms with E-state index in [-0.39, 0.29) is 0 Å². The Labute approximate surface area is 272 Å². The van der Waals surface area contributed by atoms with Crippen LogP contribution in [-0.4, -0.2) is 0 Å². The van der Waals surface area contributed by atoms with Gasteiger partial charge in [-0.05, 0) is 121 Å². The summed E-state index contributed by atoms with van der Waals surface area (Å²) in [6, 6.07) is 0. The van der Waals surface area contributed by atoms with E-state index in [1.54, 1.807) is 51.4 Å². The van der Waals surface area contributed by atoms with Gasteiger partial charge in [0.1, 0.15) is 0 Å². The molecule has 0 heterocycles. The summed E-state index contributed by atoms with van der Waals surface area (Å²) >= 11 is 0. The van der Waals surface area contributed by atoms with E-state index in [1.807, 2.05) is 0 Å². The van der Waals surface area contributed by atoms with Crippen molar-refractivity contribution in [1.82, 2.24) is 0 Å². The van der Waals surface area contributed by atoms with Gasteiger partial charge in [-0.1, -0.05) is 152 Å². The van der Waals surface area contributed by atoms with E-state index < -0.39 is 0 Å². The van der Waals surface area contributed by atoms with Crippen LogP contribution in [-0.2, 0) is 0 Å². The number of fused-ring (bicyclic) bond motifs is 1. The minimum Gasteiger partial charge on any atom is -0.0654 e. The Morgan fingerprint density at radius 1 is 0.651 bits per heavy atom. The average molecular weight is 597 g/mol. The molecule has 0 bridgehead atoms. The molecule has 5 rings (SSSR count). The lowest BCUT2D eigenvalue weighted by Crippen LogP contribution is -2.37. The molecule has 0 aromatic carbocycles. The van der Waals surface area contributed by atoms with Crippen molar-refractivity contribution in [2.45, 2.75) is 197 Å². The Morgan fingerprint density at radius 3 is 2.02 bits per heavy atom. The Morgan fingerprint density at radius 2 is 1.37 bits per heavy atom. The van der Waals surface area contributed by atoms with E-state index in [4.69, 9.17) is 0 Å². The van der Waals surface area contributed by atoms with Crippen LogP contribution in [0.4, 0.5) is 0 Å². The van der Waals surface area contributed by atoms with Crippen molar-refractivity contribution in [1.29, 1.82) is 0 Å². The van der Waals surface area contributed by atoms with Crippen LogP contribution in [0.15, 0.2) is 0 Å². The molecule has 0 N–H and O–H groups in total. The van der Waals surface area contributed by atoms with E-state index in [1.165, 1.54) is 89.9 Å². The van der Waals surface area contributed by atoms with Crippen molar-refractivity contribution >= 4 is 0 Å². The molecule has 0 aliphatic heterocycles. The van der Waals surface area contributed by atoms with Crippen LogP contribution in [0.2, 0.25) is 0 Å². The van der Waals surface area contributed by atoms with Crippen LogP contribution < -0.4 is 0 Å². The molecule has 252 valence electrons. The lowest BCUT2D eigenvalue weighted by Gasteiger charge is -2.45. The number of unbranched alkanes of at least 4 members (excludes halogenated alkanes) is 2. The molecule has 5 saturated carbocycles. The lowest BCUT2D eigenvalue weighted by atomic mass is 9.60. The first-order valence-electron chi connectivity index (χ1n) is 20.8. The normalized spacial score (nSPS) is 40.8. The summed E-state index contributed by atoms with van der Waals surface area (Å²) in [5.41, 5.74) is 0.617. The highest BCUT2D eigenvalue weighted by molar-refractivity contribution is 5.05. The van der Waals surface area contributed by atoms with Crippen LogP contribution in [0.5, 0.6) is 0 Å². The molecule has 5 fully saturated rings. The predicted octanol–water partition coefficient (Wildman–Crippen LogP) is 14.2. The maximum Gasteiger partial charge on any atom is -0.0266 e. The minimum atomic E-state index is 0.617. The van der Waals surface area contributed by atoms with Crippen molar-refractivity contribution in [3.8, 4) is 0 Å². The van der Waals surface area contributed by atoms with Gasteiger partial charge in [-0.2, -0.15) is 0 Å². The monoisotopic (exact) mass is 597 g/mol. The topological polar surface area (TPSA) is 0 Å². The first kappa shape index (κ1) is 35.8. The molecular formula is C43H80. The molecule has 0 aromatic rings. The van der Waals surface area contributed by atoms with Crippen LogP contribution in [0.3, 0.4) is 0 Å². The fourth-order valence-electron chi connectivity index (χ4n) is 13.0. The smallest absolute Gasteiger partial charge is 0.0266 e. The van der Waals surface area contributed by atoms with Crippen molar-refractivity contribution < 1.29 is 0 Å². The van der Waals surface area contributed by atoms with Crippen LogP contribution in [0, 0.1) is 76.4 Å². The zero-order chi connectivity index (χ0) is 31.0. The van der Waals surface area contributed by atoms with Gasteiger partial charge < -0.3 is 0 Å². The van der Waals surface area contributed by atoms with Gasteiger partial charge >= 0.3 is 0 Å². The summed E-state index contributed by atoms with van der Waals surface area (Å²) in [6.07, 6.45) is 33.3. The van der Waals surface area contributed by atoms with E-state index in [2.05, 4.69) is 55.4 Å². The maximum atomic E-state index is 2.69. The lowest BCUT2D eigenvalue weighted by molar-refractivity contribution is 0.0447. The Bertz CT molecular complexity index is 760. The van der Waals surface area contributed by atoms with Crippen LogP contribution in [0.25, 0.3) is 0 Å². The van der Waals surface area contributed by atoms with Gasteiger partial charge in [-0.25, -0.2) is 0 Å². The summed E-state index contributed by atoms with van der Waals surface area (Å²) < 4.78 is 0. The largest absolute Gasteiger partial charge is 0.0654 e. The van der Waals surface area contributed by atoms with E-state index >= 15 is 0 Å². The van der Waals surface area contributed by atoms with Crippen LogP contribution in [0.1, 0.15) is 197 Å². The molecule has 5 aliphatic carbocycles. The third-order valence-electron chi connectivity index (χ3n) is 15.5. The Kier molecular flexibility index (Phi) is 14.4. The van der Waals surface area contributed by atoms with E-state index in [0.717, 1.165) is 71.0 Å². The molecule has 43 heavy (non-hydrogen) atoms. The van der Waals surface area contributed by atoms with Gasteiger partial charge in [0.05, 0.1) is 0 Å². The predicted molar refractivity (Wildman–Crippen MR) is 191 cm³/mol. The molecule has 0 nitrogen and oxygen atoms in total. The second kappa shape index (κ2) is 17.2. The number of rotatable bonds is 12. The molecule has 0 amide bonds. The summed E-state index contributed by atoms with van der Waals surface area (Å²) in [6.45, 7) is 20.1. The van der Waals surface area contributed by atoms with Crippen molar-refractivity contribution in [2.75, 3.05) is 0 Å². The first-order valence-corrected chi connectivity index (χ1v) is 20.8. The van der Waals surface area contributed by atoms with Gasteiger partial charge in [0, 0.05) is 0 Å². The second-order valence-corrected chi connectivity index (χ2v) is 17.9. The summed E-state index contributed by atoms with van der Waals surface area (Å²) in [7, 11) is 0. The van der Waals surface area contributed by atoms with Gasteiger partial charge in [0.15, 0.2) is 0 Å². The molecule has 0 radical (unpaired) electrons. The molecule has 0 spiro atoms. The van der Waals surface area contributed by atoms with Gasteiger partial charge in [0.2, 0.25) is 0 Å². The van der Waals surface area contributed by atoms with Crippen molar-refractivity contribution in [3.63, 3.8) is 0 Å². The third-order valence-corrected chi connectivity index (χ3v) is 15.5. The molecule has 0 aromatic heterocycles. The Hall–Kier alpha value is 0. The summed E-state index contributed by atoms with van der Waals surface area (Å²) in [5, 5.41) is 0. The SMILES string of the molecule is CCC1C2CCC(C(C)C3CCCC3C(C)C)CC2C(C)(CC)C1CC.CCCCCC1CCC(CC2CCCCC2)C1. The van der Waals surface area contributed by atoms with Crippen molar-refractivity contribution in [3.05, 3.63) is 0 Å².